The second-order valence-corrected chi connectivity index (χ2v) is 12.0. The van der Waals surface area contributed by atoms with Crippen molar-refractivity contribution in [3.05, 3.63) is 52.3 Å². The van der Waals surface area contributed by atoms with E-state index in [0.29, 0.717) is 18.1 Å². The lowest BCUT2D eigenvalue weighted by molar-refractivity contribution is 0.102. The maximum Gasteiger partial charge on any atom is 0.320 e. The Hall–Kier alpha value is -3.99. The van der Waals surface area contributed by atoms with Gasteiger partial charge in [-0.3, -0.25) is 9.48 Å². The normalized spacial score (nSPS) is 17.4. The molecule has 0 spiro atoms. The zero-order chi connectivity index (χ0) is 30.1. The van der Waals surface area contributed by atoms with Crippen LogP contribution in [0, 0.1) is 0 Å². The number of anilines is 2. The minimum Gasteiger partial charge on any atom is -0.351 e. The van der Waals surface area contributed by atoms with E-state index in [-0.39, 0.29) is 18.0 Å². The van der Waals surface area contributed by atoms with Crippen LogP contribution >= 0.6 is 0 Å². The zero-order valence-corrected chi connectivity index (χ0v) is 25.8. The molecule has 2 aliphatic heterocycles. The number of likely N-dealkylation sites (tertiary alicyclic amines) is 1. The molecule has 43 heavy (non-hydrogen) atoms. The number of nitrogens with zero attached hydrogens (tertiary/aromatic N) is 7. The molecule has 3 aliphatic rings. The van der Waals surface area contributed by atoms with Gasteiger partial charge in [0.2, 0.25) is 5.95 Å². The summed E-state index contributed by atoms with van der Waals surface area (Å²) in [5.41, 5.74) is 7.31. The molecule has 3 amide bonds. The van der Waals surface area contributed by atoms with Gasteiger partial charge >= 0.3 is 6.03 Å². The monoisotopic (exact) mass is 585 g/mol. The average Bonchev–Trinajstić information content (AvgIpc) is 3.38. The van der Waals surface area contributed by atoms with E-state index in [1.165, 1.54) is 0 Å². The average molecular weight is 586 g/mol. The number of likely N-dealkylation sites (N-methyl/N-ethyl adjacent to an activating group) is 1. The molecule has 2 aromatic heterocycles. The van der Waals surface area contributed by atoms with E-state index in [4.69, 9.17) is 10.1 Å². The van der Waals surface area contributed by atoms with Crippen molar-refractivity contribution in [2.24, 2.45) is 7.05 Å². The molecule has 2 saturated heterocycles. The van der Waals surface area contributed by atoms with Gasteiger partial charge < -0.3 is 25.3 Å². The molecule has 0 saturated carbocycles. The number of urea groups is 1. The maximum atomic E-state index is 13.6. The van der Waals surface area contributed by atoms with Crippen molar-refractivity contribution in [1.82, 2.24) is 34.4 Å². The van der Waals surface area contributed by atoms with Crippen LogP contribution in [0.2, 0.25) is 0 Å². The number of piperazine rings is 1. The van der Waals surface area contributed by atoms with Crippen molar-refractivity contribution in [2.75, 3.05) is 56.9 Å². The van der Waals surface area contributed by atoms with Crippen LogP contribution < -0.4 is 10.6 Å². The van der Waals surface area contributed by atoms with E-state index >= 15 is 0 Å². The van der Waals surface area contributed by atoms with Crippen LogP contribution in [0.25, 0.3) is 11.4 Å². The van der Waals surface area contributed by atoms with Gasteiger partial charge in [0.15, 0.2) is 5.69 Å². The lowest BCUT2D eigenvalue weighted by atomic mass is 9.93. The predicted octanol–water partition coefficient (Wildman–Crippen LogP) is 3.60. The Morgan fingerprint density at radius 1 is 0.930 bits per heavy atom. The Kier molecular flexibility index (Phi) is 8.34. The standard InChI is InChI=1S/C32H43N9O2/c1-5-21-8-7-9-22(6-2)26(21)35-30(42)28-25-11-10-23-20-33-31(36-27(23)29(25)39(4)37-28)34-24-12-14-40(15-13-24)32(43)41-18-16-38(3)17-19-41/h7-9,20,24H,5-6,10-19H2,1-4H3,(H,35,42)(H,33,34,36). The van der Waals surface area contributed by atoms with Gasteiger partial charge in [0.25, 0.3) is 5.91 Å². The van der Waals surface area contributed by atoms with E-state index in [2.05, 4.69) is 59.6 Å². The summed E-state index contributed by atoms with van der Waals surface area (Å²) in [5.74, 6) is 0.397. The third-order valence-electron chi connectivity index (χ3n) is 9.20. The molecule has 3 aromatic rings. The number of amides is 3. The Labute approximate surface area is 253 Å². The van der Waals surface area contributed by atoms with Crippen LogP contribution in [-0.4, -0.2) is 98.7 Å². The fraction of sp³-hybridized carbons (Fsp3) is 0.531. The number of aryl methyl sites for hydroxylation is 4. The van der Waals surface area contributed by atoms with Gasteiger partial charge in [-0.2, -0.15) is 5.10 Å². The highest BCUT2D eigenvalue weighted by Crippen LogP contribution is 2.35. The predicted molar refractivity (Wildman–Crippen MR) is 167 cm³/mol. The second-order valence-electron chi connectivity index (χ2n) is 12.0. The summed E-state index contributed by atoms with van der Waals surface area (Å²) in [7, 11) is 3.98. The molecule has 0 atom stereocenters. The lowest BCUT2D eigenvalue weighted by Crippen LogP contribution is -2.54. The Morgan fingerprint density at radius 3 is 2.28 bits per heavy atom. The summed E-state index contributed by atoms with van der Waals surface area (Å²) >= 11 is 0. The Morgan fingerprint density at radius 2 is 1.60 bits per heavy atom. The first-order chi connectivity index (χ1) is 20.9. The number of carbonyl (C=O) groups is 2. The van der Waals surface area contributed by atoms with E-state index in [0.717, 1.165) is 111 Å². The fourth-order valence-corrected chi connectivity index (χ4v) is 6.58. The van der Waals surface area contributed by atoms with Crippen molar-refractivity contribution < 1.29 is 9.59 Å². The number of para-hydroxylation sites is 1. The van der Waals surface area contributed by atoms with Crippen LogP contribution in [0.3, 0.4) is 0 Å². The highest BCUT2D eigenvalue weighted by molar-refractivity contribution is 6.06. The summed E-state index contributed by atoms with van der Waals surface area (Å²) in [6, 6.07) is 6.54. The molecule has 6 rings (SSSR count). The topological polar surface area (TPSA) is 112 Å². The summed E-state index contributed by atoms with van der Waals surface area (Å²) in [4.78, 5) is 42.4. The van der Waals surface area contributed by atoms with Crippen LogP contribution in [0.4, 0.5) is 16.4 Å². The van der Waals surface area contributed by atoms with Gasteiger partial charge in [-0.05, 0) is 62.3 Å². The molecule has 228 valence electrons. The summed E-state index contributed by atoms with van der Waals surface area (Å²) in [6.07, 6.45) is 6.75. The first-order valence-corrected chi connectivity index (χ1v) is 15.7. The first-order valence-electron chi connectivity index (χ1n) is 15.7. The van der Waals surface area contributed by atoms with Gasteiger partial charge in [0, 0.05) is 69.8 Å². The summed E-state index contributed by atoms with van der Waals surface area (Å²) in [5, 5.41) is 11.4. The van der Waals surface area contributed by atoms with Gasteiger partial charge in [-0.1, -0.05) is 32.0 Å². The van der Waals surface area contributed by atoms with Crippen molar-refractivity contribution >= 4 is 23.6 Å². The number of carbonyl (C=O) groups excluding carboxylic acids is 2. The number of hydrogen-bond donors (Lipinski definition) is 2. The van der Waals surface area contributed by atoms with E-state index in [1.54, 1.807) is 4.68 Å². The zero-order valence-electron chi connectivity index (χ0n) is 25.8. The number of fused-ring (bicyclic) bond motifs is 3. The number of piperidine rings is 1. The molecular formula is C32H43N9O2. The quantitative estimate of drug-likeness (QED) is 0.455. The molecular weight excluding hydrogens is 542 g/mol. The number of aromatic nitrogens is 4. The number of hydrogen-bond acceptors (Lipinski definition) is 7. The van der Waals surface area contributed by atoms with Crippen molar-refractivity contribution in [1.29, 1.82) is 0 Å². The van der Waals surface area contributed by atoms with E-state index in [1.807, 2.05) is 23.0 Å². The van der Waals surface area contributed by atoms with Gasteiger partial charge in [0.1, 0.15) is 0 Å². The maximum absolute atomic E-state index is 13.6. The fourth-order valence-electron chi connectivity index (χ4n) is 6.58. The van der Waals surface area contributed by atoms with Gasteiger partial charge in [-0.25, -0.2) is 14.8 Å². The molecule has 1 aromatic carbocycles. The minimum absolute atomic E-state index is 0.157. The van der Waals surface area contributed by atoms with Crippen LogP contribution in [0.5, 0.6) is 0 Å². The van der Waals surface area contributed by atoms with E-state index in [9.17, 15) is 9.59 Å². The largest absolute Gasteiger partial charge is 0.351 e. The third-order valence-corrected chi connectivity index (χ3v) is 9.20. The molecule has 11 heteroatoms. The molecule has 4 heterocycles. The van der Waals surface area contributed by atoms with Crippen molar-refractivity contribution in [2.45, 2.75) is 58.4 Å². The smallest absolute Gasteiger partial charge is 0.320 e. The molecule has 2 N–H and O–H groups in total. The number of benzene rings is 1. The van der Waals surface area contributed by atoms with Crippen molar-refractivity contribution in [3.8, 4) is 11.4 Å². The lowest BCUT2D eigenvalue weighted by Gasteiger charge is -2.39. The SMILES string of the molecule is CCc1cccc(CC)c1NC(=O)c1nn(C)c2c1CCc1cnc(NC3CCN(C(=O)N4CCN(C)CC4)CC3)nc1-2. The number of rotatable bonds is 6. The highest BCUT2D eigenvalue weighted by atomic mass is 16.2. The highest BCUT2D eigenvalue weighted by Gasteiger charge is 2.31. The summed E-state index contributed by atoms with van der Waals surface area (Å²) in [6.45, 7) is 9.09. The van der Waals surface area contributed by atoms with E-state index < -0.39 is 0 Å². The van der Waals surface area contributed by atoms with Crippen LogP contribution in [0.1, 0.15) is 59.4 Å². The van der Waals surface area contributed by atoms with Gasteiger partial charge in [-0.15, -0.1) is 0 Å². The van der Waals surface area contributed by atoms with Gasteiger partial charge in [0.05, 0.1) is 11.4 Å². The molecule has 0 radical (unpaired) electrons. The van der Waals surface area contributed by atoms with Crippen molar-refractivity contribution in [3.63, 3.8) is 0 Å². The Balaban J connectivity index is 1.15. The number of nitrogens with one attached hydrogen (secondary N) is 2. The molecule has 1 aliphatic carbocycles. The molecule has 11 nitrogen and oxygen atoms in total. The second kappa shape index (κ2) is 12.3. The Bertz CT molecular complexity index is 1480. The molecule has 0 unspecified atom stereocenters. The first kappa shape index (κ1) is 29.1. The summed E-state index contributed by atoms with van der Waals surface area (Å²) < 4.78 is 1.79. The molecule has 0 bridgehead atoms. The minimum atomic E-state index is -0.179. The van der Waals surface area contributed by atoms with Crippen LogP contribution in [-0.2, 0) is 32.7 Å². The van der Waals surface area contributed by atoms with Crippen LogP contribution in [0.15, 0.2) is 24.4 Å². The third kappa shape index (κ3) is 5.82. The molecule has 2 fully saturated rings.